The van der Waals surface area contributed by atoms with E-state index in [9.17, 15) is 0 Å². The number of hydrogen-bond donors (Lipinski definition) is 0. The zero-order valence-electron chi connectivity index (χ0n) is 12.6. The Hall–Kier alpha value is -2.56. The fourth-order valence-corrected chi connectivity index (χ4v) is 2.63. The number of methoxy groups -OCH3 is 2. The zero-order valence-corrected chi connectivity index (χ0v) is 12.6. The molecule has 22 heavy (non-hydrogen) atoms. The molecule has 0 amide bonds. The third kappa shape index (κ3) is 2.09. The van der Waals surface area contributed by atoms with E-state index in [1.807, 2.05) is 40.9 Å². The van der Waals surface area contributed by atoms with Crippen LogP contribution in [0.15, 0.2) is 36.4 Å². The second-order valence-electron chi connectivity index (χ2n) is 5.50. The van der Waals surface area contributed by atoms with Crippen molar-refractivity contribution in [3.63, 3.8) is 0 Å². The molecule has 1 fully saturated rings. The van der Waals surface area contributed by atoms with Gasteiger partial charge in [-0.25, -0.2) is 9.50 Å². The van der Waals surface area contributed by atoms with E-state index in [0.717, 1.165) is 34.2 Å². The third-order valence-electron chi connectivity index (χ3n) is 3.99. The van der Waals surface area contributed by atoms with Gasteiger partial charge < -0.3 is 9.47 Å². The van der Waals surface area contributed by atoms with Crippen LogP contribution in [0.4, 0.5) is 0 Å². The molecular weight excluding hydrogens is 278 g/mol. The third-order valence-corrected chi connectivity index (χ3v) is 3.99. The van der Waals surface area contributed by atoms with E-state index < -0.39 is 0 Å². The molecule has 3 aromatic rings. The van der Waals surface area contributed by atoms with Gasteiger partial charge in [0.25, 0.3) is 0 Å². The second kappa shape index (κ2) is 5.02. The van der Waals surface area contributed by atoms with Crippen molar-refractivity contribution < 1.29 is 9.47 Å². The lowest BCUT2D eigenvalue weighted by atomic mass is 10.1. The van der Waals surface area contributed by atoms with Crippen LogP contribution in [-0.2, 0) is 0 Å². The van der Waals surface area contributed by atoms with E-state index in [-0.39, 0.29) is 0 Å². The zero-order chi connectivity index (χ0) is 15.1. The Morgan fingerprint density at radius 3 is 2.68 bits per heavy atom. The highest BCUT2D eigenvalue weighted by atomic mass is 16.5. The summed E-state index contributed by atoms with van der Waals surface area (Å²) in [7, 11) is 3.33. The highest BCUT2D eigenvalue weighted by molar-refractivity contribution is 5.68. The summed E-state index contributed by atoms with van der Waals surface area (Å²) in [6.45, 7) is 0. The summed E-state index contributed by atoms with van der Waals surface area (Å²) in [5, 5.41) is 4.70. The van der Waals surface area contributed by atoms with Crippen molar-refractivity contribution in [3.05, 3.63) is 42.2 Å². The van der Waals surface area contributed by atoms with Crippen LogP contribution in [0.2, 0.25) is 0 Å². The first kappa shape index (κ1) is 13.1. The Morgan fingerprint density at radius 1 is 1.09 bits per heavy atom. The van der Waals surface area contributed by atoms with Crippen LogP contribution in [0.25, 0.3) is 16.9 Å². The summed E-state index contributed by atoms with van der Waals surface area (Å²) in [4.78, 5) is 4.67. The van der Waals surface area contributed by atoms with E-state index in [1.54, 1.807) is 14.2 Å². The molecule has 0 saturated heterocycles. The minimum atomic E-state index is 0.503. The lowest BCUT2D eigenvalue weighted by Crippen LogP contribution is -1.97. The molecule has 0 radical (unpaired) electrons. The fourth-order valence-electron chi connectivity index (χ4n) is 2.63. The van der Waals surface area contributed by atoms with E-state index in [4.69, 9.17) is 14.6 Å². The second-order valence-corrected chi connectivity index (χ2v) is 5.50. The summed E-state index contributed by atoms with van der Waals surface area (Å²) in [6.07, 6.45) is 2.35. The number of nitrogens with zero attached hydrogens (tertiary/aromatic N) is 3. The molecule has 0 bridgehead atoms. The molecule has 1 aromatic carbocycles. The van der Waals surface area contributed by atoms with E-state index in [0.29, 0.717) is 5.92 Å². The summed E-state index contributed by atoms with van der Waals surface area (Å²) in [5.41, 5.74) is 2.79. The SMILES string of the molecule is COc1cccc(-c2ccc(OC)c3nc(C4CC4)nn23)c1. The van der Waals surface area contributed by atoms with Crippen molar-refractivity contribution in [2.75, 3.05) is 14.2 Å². The van der Waals surface area contributed by atoms with Crippen LogP contribution >= 0.6 is 0 Å². The van der Waals surface area contributed by atoms with Gasteiger partial charge in [-0.2, -0.15) is 5.10 Å². The predicted octanol–water partition coefficient (Wildman–Crippen LogP) is 3.29. The van der Waals surface area contributed by atoms with Gasteiger partial charge in [0.1, 0.15) is 5.75 Å². The standard InChI is InChI=1S/C17H17N3O2/c1-21-13-5-3-4-12(10-13)14-8-9-15(22-2)17-18-16(11-6-7-11)19-20(14)17/h3-5,8-11H,6-7H2,1-2H3. The van der Waals surface area contributed by atoms with Gasteiger partial charge >= 0.3 is 0 Å². The smallest absolute Gasteiger partial charge is 0.198 e. The summed E-state index contributed by atoms with van der Waals surface area (Å²) < 4.78 is 12.6. The first-order valence-corrected chi connectivity index (χ1v) is 7.38. The quantitative estimate of drug-likeness (QED) is 0.741. The van der Waals surface area contributed by atoms with Gasteiger partial charge in [-0.05, 0) is 37.1 Å². The molecule has 0 N–H and O–H groups in total. The van der Waals surface area contributed by atoms with Crippen LogP contribution in [0.5, 0.6) is 11.5 Å². The van der Waals surface area contributed by atoms with Crippen LogP contribution in [-0.4, -0.2) is 28.8 Å². The van der Waals surface area contributed by atoms with Crippen molar-refractivity contribution >= 4 is 5.65 Å². The largest absolute Gasteiger partial charge is 0.497 e. The van der Waals surface area contributed by atoms with Gasteiger partial charge in [0.15, 0.2) is 17.2 Å². The van der Waals surface area contributed by atoms with Gasteiger partial charge in [-0.1, -0.05) is 12.1 Å². The maximum absolute atomic E-state index is 5.43. The van der Waals surface area contributed by atoms with Gasteiger partial charge in [0.05, 0.1) is 19.9 Å². The Labute approximate surface area is 128 Å². The minimum absolute atomic E-state index is 0.503. The topological polar surface area (TPSA) is 48.7 Å². The first-order chi connectivity index (χ1) is 10.8. The average Bonchev–Trinajstić information content (AvgIpc) is 3.32. The number of pyridine rings is 1. The molecule has 1 aliphatic carbocycles. The average molecular weight is 295 g/mol. The van der Waals surface area contributed by atoms with E-state index >= 15 is 0 Å². The minimum Gasteiger partial charge on any atom is -0.497 e. The van der Waals surface area contributed by atoms with Crippen molar-refractivity contribution in [2.24, 2.45) is 0 Å². The number of ether oxygens (including phenoxy) is 2. The normalized spacial score (nSPS) is 14.3. The molecule has 5 nitrogen and oxygen atoms in total. The van der Waals surface area contributed by atoms with Crippen molar-refractivity contribution in [1.29, 1.82) is 0 Å². The predicted molar refractivity (Wildman–Crippen MR) is 83.5 cm³/mol. The molecule has 1 saturated carbocycles. The van der Waals surface area contributed by atoms with Gasteiger partial charge in [0, 0.05) is 11.5 Å². The molecule has 0 spiro atoms. The number of benzene rings is 1. The molecule has 0 unspecified atom stereocenters. The fraction of sp³-hybridized carbons (Fsp3) is 0.294. The van der Waals surface area contributed by atoms with Crippen molar-refractivity contribution in [1.82, 2.24) is 14.6 Å². The van der Waals surface area contributed by atoms with Gasteiger partial charge in [0.2, 0.25) is 0 Å². The maximum Gasteiger partial charge on any atom is 0.198 e. The molecule has 0 atom stereocenters. The van der Waals surface area contributed by atoms with Crippen LogP contribution in [0, 0.1) is 0 Å². The van der Waals surface area contributed by atoms with Crippen molar-refractivity contribution in [2.45, 2.75) is 18.8 Å². The molecule has 112 valence electrons. The summed E-state index contributed by atoms with van der Waals surface area (Å²) in [6, 6.07) is 11.9. The highest BCUT2D eigenvalue weighted by Gasteiger charge is 2.29. The molecule has 1 aliphatic rings. The highest BCUT2D eigenvalue weighted by Crippen LogP contribution is 2.39. The maximum atomic E-state index is 5.43. The Morgan fingerprint density at radius 2 is 1.95 bits per heavy atom. The Balaban J connectivity index is 1.93. The molecule has 2 aromatic heterocycles. The lowest BCUT2D eigenvalue weighted by molar-refractivity contribution is 0.415. The lowest BCUT2D eigenvalue weighted by Gasteiger charge is -2.08. The monoisotopic (exact) mass is 295 g/mol. The van der Waals surface area contributed by atoms with Gasteiger partial charge in [-0.15, -0.1) is 0 Å². The summed E-state index contributed by atoms with van der Waals surface area (Å²) >= 11 is 0. The molecular formula is C17H17N3O2. The molecule has 4 rings (SSSR count). The van der Waals surface area contributed by atoms with Crippen LogP contribution in [0.3, 0.4) is 0 Å². The number of rotatable bonds is 4. The van der Waals surface area contributed by atoms with Gasteiger partial charge in [-0.3, -0.25) is 0 Å². The van der Waals surface area contributed by atoms with Crippen LogP contribution < -0.4 is 9.47 Å². The van der Waals surface area contributed by atoms with Crippen molar-refractivity contribution in [3.8, 4) is 22.8 Å². The van der Waals surface area contributed by atoms with E-state index in [1.165, 1.54) is 12.8 Å². The molecule has 5 heteroatoms. The van der Waals surface area contributed by atoms with Crippen LogP contribution in [0.1, 0.15) is 24.6 Å². The molecule has 2 heterocycles. The summed E-state index contributed by atoms with van der Waals surface area (Å²) in [5.74, 6) is 2.98. The molecule has 0 aliphatic heterocycles. The van der Waals surface area contributed by atoms with E-state index in [2.05, 4.69) is 4.98 Å². The first-order valence-electron chi connectivity index (χ1n) is 7.38. The number of hydrogen-bond acceptors (Lipinski definition) is 4. The number of fused-ring (bicyclic) bond motifs is 1. The Kier molecular flexibility index (Phi) is 2.99. The Bertz CT molecular complexity index is 837. The number of aromatic nitrogens is 3.